The molecule has 4 heterocycles. The minimum Gasteiger partial charge on any atom is -0.463 e. The van der Waals surface area contributed by atoms with Crippen LogP contribution in [0.15, 0.2) is 46.3 Å². The lowest BCUT2D eigenvalue weighted by Gasteiger charge is -2.29. The molecular formula is C20H21ClN6O. The summed E-state index contributed by atoms with van der Waals surface area (Å²) in [5.74, 6) is 0.734. The summed E-state index contributed by atoms with van der Waals surface area (Å²) in [6.45, 7) is 0.798. The Morgan fingerprint density at radius 3 is 2.82 bits per heavy atom. The minimum atomic E-state index is -0.574. The van der Waals surface area contributed by atoms with Gasteiger partial charge in [-0.1, -0.05) is 18.9 Å². The molecule has 0 bridgehead atoms. The van der Waals surface area contributed by atoms with E-state index in [9.17, 15) is 0 Å². The molecule has 1 atom stereocenters. The zero-order chi connectivity index (χ0) is 19.1. The number of hydrogen-bond donors (Lipinski definition) is 1. The zero-order valence-corrected chi connectivity index (χ0v) is 16.1. The van der Waals surface area contributed by atoms with E-state index in [0.29, 0.717) is 19.1 Å². The molecule has 144 valence electrons. The van der Waals surface area contributed by atoms with Crippen molar-refractivity contribution < 1.29 is 4.42 Å². The Bertz CT molecular complexity index is 1060. The lowest BCUT2D eigenvalue weighted by molar-refractivity contribution is 0.526. The van der Waals surface area contributed by atoms with Crippen LogP contribution in [-0.2, 0) is 5.41 Å². The van der Waals surface area contributed by atoms with Gasteiger partial charge in [-0.2, -0.15) is 4.98 Å². The Kier molecular flexibility index (Phi) is 4.29. The maximum absolute atomic E-state index is 6.33. The average molecular weight is 397 g/mol. The molecule has 0 spiro atoms. The van der Waals surface area contributed by atoms with Gasteiger partial charge in [-0.3, -0.25) is 4.99 Å². The molecule has 1 aliphatic heterocycles. The molecule has 3 aromatic rings. The largest absolute Gasteiger partial charge is 0.463 e. The predicted molar refractivity (Wildman–Crippen MR) is 108 cm³/mol. The van der Waals surface area contributed by atoms with Crippen molar-refractivity contribution in [2.24, 2.45) is 10.7 Å². The zero-order valence-electron chi connectivity index (χ0n) is 15.4. The smallest absolute Gasteiger partial charge is 0.224 e. The van der Waals surface area contributed by atoms with Crippen LogP contribution in [0.2, 0.25) is 5.28 Å². The van der Waals surface area contributed by atoms with Gasteiger partial charge in [-0.15, -0.1) is 0 Å². The molecule has 28 heavy (non-hydrogen) atoms. The van der Waals surface area contributed by atoms with Crippen molar-refractivity contribution in [3.8, 4) is 0 Å². The quantitative estimate of drug-likeness (QED) is 0.681. The van der Waals surface area contributed by atoms with E-state index in [-0.39, 0.29) is 5.28 Å². The van der Waals surface area contributed by atoms with E-state index in [1.807, 2.05) is 30.6 Å². The SMILES string of the molecule is NCC1(c2nc(Cl)nc3c2ncn3C2CCCC2)C=CC(c2ccco2)=NC1. The molecule has 0 saturated heterocycles. The van der Waals surface area contributed by atoms with Crippen LogP contribution in [0.4, 0.5) is 0 Å². The van der Waals surface area contributed by atoms with Crippen molar-refractivity contribution in [1.82, 2.24) is 19.5 Å². The van der Waals surface area contributed by atoms with E-state index >= 15 is 0 Å². The molecule has 0 radical (unpaired) electrons. The van der Waals surface area contributed by atoms with Crippen LogP contribution in [0.1, 0.15) is 43.2 Å². The highest BCUT2D eigenvalue weighted by molar-refractivity contribution is 6.28. The van der Waals surface area contributed by atoms with Gasteiger partial charge in [0.25, 0.3) is 0 Å². The molecule has 2 aliphatic rings. The van der Waals surface area contributed by atoms with Gasteiger partial charge in [0.15, 0.2) is 11.4 Å². The minimum absolute atomic E-state index is 0.212. The van der Waals surface area contributed by atoms with Gasteiger partial charge >= 0.3 is 0 Å². The van der Waals surface area contributed by atoms with Gasteiger partial charge in [0.2, 0.25) is 5.28 Å². The lowest BCUT2D eigenvalue weighted by atomic mass is 9.81. The molecule has 1 saturated carbocycles. The fourth-order valence-electron chi connectivity index (χ4n) is 4.22. The number of halogens is 1. The summed E-state index contributed by atoms with van der Waals surface area (Å²) in [6, 6.07) is 4.16. The summed E-state index contributed by atoms with van der Waals surface area (Å²) < 4.78 is 7.60. The first-order chi connectivity index (χ1) is 13.7. The van der Waals surface area contributed by atoms with Crippen molar-refractivity contribution >= 4 is 28.5 Å². The molecule has 5 rings (SSSR count). The van der Waals surface area contributed by atoms with Gasteiger partial charge < -0.3 is 14.7 Å². The number of hydrogen-bond acceptors (Lipinski definition) is 6. The van der Waals surface area contributed by atoms with Crippen LogP contribution >= 0.6 is 11.6 Å². The van der Waals surface area contributed by atoms with E-state index in [2.05, 4.69) is 19.5 Å². The second-order valence-corrected chi connectivity index (χ2v) is 7.81. The molecule has 2 N–H and O–H groups in total. The van der Waals surface area contributed by atoms with E-state index < -0.39 is 5.41 Å². The predicted octanol–water partition coefficient (Wildman–Crippen LogP) is 3.44. The third-order valence-corrected chi connectivity index (χ3v) is 5.98. The van der Waals surface area contributed by atoms with Crippen LogP contribution in [0.3, 0.4) is 0 Å². The van der Waals surface area contributed by atoms with Crippen molar-refractivity contribution in [2.45, 2.75) is 37.1 Å². The normalized spacial score (nSPS) is 22.9. The Morgan fingerprint density at radius 2 is 2.14 bits per heavy atom. The molecule has 1 unspecified atom stereocenters. The van der Waals surface area contributed by atoms with Crippen molar-refractivity contribution in [1.29, 1.82) is 0 Å². The number of fused-ring (bicyclic) bond motifs is 1. The number of imidazole rings is 1. The molecule has 3 aromatic heterocycles. The fraction of sp³-hybridized carbons (Fsp3) is 0.400. The second kappa shape index (κ2) is 6.83. The third kappa shape index (κ3) is 2.77. The highest BCUT2D eigenvalue weighted by Gasteiger charge is 2.36. The topological polar surface area (TPSA) is 95.1 Å². The standard InChI is InChI=1S/C20H21ClN6O/c21-19-25-17(16-18(26-19)27(12-24-16)13-4-1-2-5-13)20(10-22)8-7-14(23-11-20)15-6-3-9-28-15/h3,6-9,12-13H,1-2,4-5,10-11,22H2. The molecule has 1 fully saturated rings. The molecular weight excluding hydrogens is 376 g/mol. The maximum atomic E-state index is 6.33. The first-order valence-corrected chi connectivity index (χ1v) is 9.96. The number of furan rings is 1. The number of nitrogens with two attached hydrogens (primary N) is 1. The fourth-order valence-corrected chi connectivity index (χ4v) is 4.39. The molecule has 0 amide bonds. The second-order valence-electron chi connectivity index (χ2n) is 7.48. The summed E-state index contributed by atoms with van der Waals surface area (Å²) in [4.78, 5) is 18.4. The lowest BCUT2D eigenvalue weighted by Crippen LogP contribution is -2.39. The van der Waals surface area contributed by atoms with Crippen LogP contribution in [0.25, 0.3) is 11.2 Å². The number of dihydropyridines is 1. The molecule has 8 heteroatoms. The van der Waals surface area contributed by atoms with E-state index in [0.717, 1.165) is 41.2 Å². The highest BCUT2D eigenvalue weighted by atomic mass is 35.5. The number of aromatic nitrogens is 4. The highest BCUT2D eigenvalue weighted by Crippen LogP contribution is 2.36. The number of nitrogens with zero attached hydrogens (tertiary/aromatic N) is 5. The van der Waals surface area contributed by atoms with Crippen molar-refractivity contribution in [3.05, 3.63) is 53.6 Å². The Labute approximate surface area is 167 Å². The van der Waals surface area contributed by atoms with Gasteiger partial charge in [0.1, 0.15) is 5.52 Å². The Morgan fingerprint density at radius 1 is 1.29 bits per heavy atom. The van der Waals surface area contributed by atoms with Crippen molar-refractivity contribution in [2.75, 3.05) is 13.1 Å². The van der Waals surface area contributed by atoms with Crippen LogP contribution in [0.5, 0.6) is 0 Å². The maximum Gasteiger partial charge on any atom is 0.224 e. The number of aliphatic imine (C=N–C) groups is 1. The van der Waals surface area contributed by atoms with E-state index in [1.54, 1.807) is 6.26 Å². The summed E-state index contributed by atoms with van der Waals surface area (Å²) in [5, 5.41) is 0.212. The molecule has 0 aromatic carbocycles. The summed E-state index contributed by atoms with van der Waals surface area (Å²) in [5.41, 5.74) is 8.71. The van der Waals surface area contributed by atoms with Crippen molar-refractivity contribution in [3.63, 3.8) is 0 Å². The average Bonchev–Trinajstić information content (AvgIpc) is 3.48. The van der Waals surface area contributed by atoms with Gasteiger partial charge in [0, 0.05) is 12.6 Å². The number of rotatable bonds is 4. The van der Waals surface area contributed by atoms with Gasteiger partial charge in [-0.05, 0) is 42.7 Å². The molecule has 7 nitrogen and oxygen atoms in total. The van der Waals surface area contributed by atoms with Crippen LogP contribution in [0, 0.1) is 0 Å². The first-order valence-electron chi connectivity index (χ1n) is 9.58. The third-order valence-electron chi connectivity index (χ3n) is 5.81. The van der Waals surface area contributed by atoms with Crippen LogP contribution < -0.4 is 5.73 Å². The first kappa shape index (κ1) is 17.6. The Hall–Kier alpha value is -2.51. The van der Waals surface area contributed by atoms with E-state index in [4.69, 9.17) is 26.7 Å². The van der Waals surface area contributed by atoms with Gasteiger partial charge in [0.05, 0.1) is 36.0 Å². The van der Waals surface area contributed by atoms with Gasteiger partial charge in [-0.25, -0.2) is 9.97 Å². The summed E-state index contributed by atoms with van der Waals surface area (Å²) >= 11 is 6.33. The van der Waals surface area contributed by atoms with E-state index in [1.165, 1.54) is 12.8 Å². The summed E-state index contributed by atoms with van der Waals surface area (Å²) in [7, 11) is 0. The summed E-state index contributed by atoms with van der Waals surface area (Å²) in [6.07, 6.45) is 12.2. The Balaban J connectivity index is 1.59. The molecule has 1 aliphatic carbocycles. The van der Waals surface area contributed by atoms with Crippen LogP contribution in [-0.4, -0.2) is 38.3 Å². The number of allylic oxidation sites excluding steroid dienone is 1. The monoisotopic (exact) mass is 396 g/mol.